The number of piperidine rings is 1. The molecule has 7 N–H and O–H groups in total. The van der Waals surface area contributed by atoms with Crippen molar-refractivity contribution in [2.75, 3.05) is 31.5 Å². The number of sulfonamides is 1. The molecule has 1 unspecified atom stereocenters. The van der Waals surface area contributed by atoms with Gasteiger partial charge in [-0.25, -0.2) is 17.1 Å². The lowest BCUT2D eigenvalue weighted by atomic mass is 9.89. The number of hydrogen-bond acceptors (Lipinski definition) is 8. The van der Waals surface area contributed by atoms with Crippen molar-refractivity contribution in [1.82, 2.24) is 19.9 Å². The van der Waals surface area contributed by atoms with E-state index in [9.17, 15) is 17.6 Å². The van der Waals surface area contributed by atoms with Crippen LogP contribution < -0.4 is 27.4 Å². The monoisotopic (exact) mass is 469 g/mol. The van der Waals surface area contributed by atoms with E-state index in [-0.39, 0.29) is 30.2 Å². The molecule has 0 radical (unpaired) electrons. The number of anilines is 1. The Morgan fingerprint density at radius 3 is 2.44 bits per heavy atom. The standard InChI is InChI=1S/C20H32FN7O3S/c21-13-9-25-19(26-10-13)17(18(22)23)20(29)27-16-11-24-6-3-15(16)12-4-7-28(8-5-12)32(30,31)14-1-2-14/h3,6,11-14,17-19,25-26H,1-2,4-5,7-10,22-23H2,(H,27,29). The second-order valence-electron chi connectivity index (χ2n) is 8.86. The van der Waals surface area contributed by atoms with Crippen LogP contribution in [-0.4, -0.2) is 73.5 Å². The van der Waals surface area contributed by atoms with Crippen molar-refractivity contribution in [2.24, 2.45) is 17.4 Å². The van der Waals surface area contributed by atoms with Crippen LogP contribution in [0.4, 0.5) is 10.1 Å². The van der Waals surface area contributed by atoms with Crippen LogP contribution in [-0.2, 0) is 14.8 Å². The van der Waals surface area contributed by atoms with Gasteiger partial charge in [-0.1, -0.05) is 0 Å². The Kier molecular flexibility index (Phi) is 7.08. The van der Waals surface area contributed by atoms with Gasteiger partial charge in [0.2, 0.25) is 15.9 Å². The van der Waals surface area contributed by atoms with Crippen LogP contribution in [0.5, 0.6) is 0 Å². The summed E-state index contributed by atoms with van der Waals surface area (Å²) in [5, 5.41) is 8.58. The van der Waals surface area contributed by atoms with E-state index >= 15 is 0 Å². The fourth-order valence-corrected chi connectivity index (χ4v) is 6.41. The smallest absolute Gasteiger partial charge is 0.233 e. The molecule has 2 aliphatic heterocycles. The first-order valence-electron chi connectivity index (χ1n) is 11.1. The number of aromatic nitrogens is 1. The molecule has 1 amide bonds. The number of nitrogens with zero attached hydrogens (tertiary/aromatic N) is 2. The van der Waals surface area contributed by atoms with Crippen LogP contribution in [0.15, 0.2) is 18.5 Å². The Morgan fingerprint density at radius 1 is 1.19 bits per heavy atom. The van der Waals surface area contributed by atoms with Crippen molar-refractivity contribution in [3.63, 3.8) is 0 Å². The number of halogens is 1. The van der Waals surface area contributed by atoms with Gasteiger partial charge in [-0.2, -0.15) is 0 Å². The zero-order chi connectivity index (χ0) is 22.9. The molecule has 2 saturated heterocycles. The SMILES string of the molecule is NC(N)C(C(=O)Nc1cnccc1C1CCN(S(=O)(=O)C2CC2)CC1)C1NCC(F)CN1. The summed E-state index contributed by atoms with van der Waals surface area (Å²) in [6.07, 6.45) is 3.56. The Bertz CT molecular complexity index is 912. The van der Waals surface area contributed by atoms with Crippen molar-refractivity contribution in [2.45, 2.75) is 55.4 Å². The summed E-state index contributed by atoms with van der Waals surface area (Å²) in [6, 6.07) is 1.85. The maximum atomic E-state index is 13.4. The fraction of sp³-hybridized carbons (Fsp3) is 0.700. The summed E-state index contributed by atoms with van der Waals surface area (Å²) in [4.78, 5) is 17.2. The minimum Gasteiger partial charge on any atom is -0.324 e. The van der Waals surface area contributed by atoms with E-state index in [4.69, 9.17) is 11.5 Å². The van der Waals surface area contributed by atoms with Gasteiger partial charge in [0.15, 0.2) is 0 Å². The number of alkyl halides is 1. The molecule has 1 aromatic rings. The highest BCUT2D eigenvalue weighted by Crippen LogP contribution is 2.37. The molecule has 1 saturated carbocycles. The van der Waals surface area contributed by atoms with Gasteiger partial charge in [-0.3, -0.25) is 20.4 Å². The molecular formula is C20H32FN7O3S. The van der Waals surface area contributed by atoms with Gasteiger partial charge in [0.1, 0.15) is 6.17 Å². The third kappa shape index (κ3) is 5.10. The zero-order valence-corrected chi connectivity index (χ0v) is 18.7. The molecule has 1 aliphatic carbocycles. The highest BCUT2D eigenvalue weighted by molar-refractivity contribution is 7.90. The van der Waals surface area contributed by atoms with E-state index in [1.165, 1.54) is 0 Å². The molecule has 0 aromatic carbocycles. The lowest BCUT2D eigenvalue weighted by Crippen LogP contribution is -2.64. The van der Waals surface area contributed by atoms with E-state index in [1.54, 1.807) is 16.7 Å². The van der Waals surface area contributed by atoms with Crippen LogP contribution >= 0.6 is 0 Å². The Morgan fingerprint density at radius 2 is 1.84 bits per heavy atom. The molecule has 3 aliphatic rings. The van der Waals surface area contributed by atoms with E-state index < -0.39 is 34.4 Å². The van der Waals surface area contributed by atoms with Crippen LogP contribution in [0.25, 0.3) is 0 Å². The highest BCUT2D eigenvalue weighted by atomic mass is 32.2. The van der Waals surface area contributed by atoms with Crippen molar-refractivity contribution in [3.05, 3.63) is 24.0 Å². The summed E-state index contributed by atoms with van der Waals surface area (Å²) in [5.41, 5.74) is 13.2. The number of nitrogens with one attached hydrogen (secondary N) is 3. The molecule has 32 heavy (non-hydrogen) atoms. The molecular weight excluding hydrogens is 437 g/mol. The number of carbonyl (C=O) groups excluding carboxylic acids is 1. The zero-order valence-electron chi connectivity index (χ0n) is 17.9. The molecule has 178 valence electrons. The number of rotatable bonds is 7. The quantitative estimate of drug-likeness (QED) is 0.332. The van der Waals surface area contributed by atoms with Crippen molar-refractivity contribution < 1.29 is 17.6 Å². The molecule has 0 bridgehead atoms. The normalized spacial score (nSPS) is 26.8. The van der Waals surface area contributed by atoms with Crippen LogP contribution in [0.1, 0.15) is 37.2 Å². The molecule has 0 spiro atoms. The van der Waals surface area contributed by atoms with Crippen LogP contribution in [0, 0.1) is 5.92 Å². The van der Waals surface area contributed by atoms with Gasteiger partial charge >= 0.3 is 0 Å². The molecule has 12 heteroatoms. The minimum atomic E-state index is -3.18. The number of hydrogen-bond donors (Lipinski definition) is 5. The maximum absolute atomic E-state index is 13.4. The number of pyridine rings is 1. The van der Waals surface area contributed by atoms with Crippen molar-refractivity contribution in [3.8, 4) is 0 Å². The van der Waals surface area contributed by atoms with Gasteiger partial charge in [0.05, 0.1) is 35.4 Å². The van der Waals surface area contributed by atoms with E-state index in [1.807, 2.05) is 6.07 Å². The molecule has 1 aromatic heterocycles. The van der Waals surface area contributed by atoms with E-state index in [0.717, 1.165) is 18.4 Å². The van der Waals surface area contributed by atoms with E-state index in [0.29, 0.717) is 31.6 Å². The van der Waals surface area contributed by atoms with Crippen molar-refractivity contribution >= 4 is 21.6 Å². The average Bonchev–Trinajstić information content (AvgIpc) is 3.62. The molecule has 4 rings (SSSR count). The molecule has 1 atom stereocenters. The predicted octanol–water partition coefficient (Wildman–Crippen LogP) is -0.592. The van der Waals surface area contributed by atoms with Gasteiger partial charge < -0.3 is 16.8 Å². The second kappa shape index (κ2) is 9.65. The summed E-state index contributed by atoms with van der Waals surface area (Å²) in [7, 11) is -3.18. The van der Waals surface area contributed by atoms with Crippen LogP contribution in [0.2, 0.25) is 0 Å². The summed E-state index contributed by atoms with van der Waals surface area (Å²) in [6.45, 7) is 1.18. The van der Waals surface area contributed by atoms with Gasteiger partial charge in [-0.15, -0.1) is 0 Å². The number of carbonyl (C=O) groups is 1. The Hall–Kier alpha value is -1.70. The number of nitrogens with two attached hydrogens (primary N) is 2. The first kappa shape index (κ1) is 23.5. The Balaban J connectivity index is 1.43. The minimum absolute atomic E-state index is 0.0992. The van der Waals surface area contributed by atoms with E-state index in [2.05, 4.69) is 20.9 Å². The highest BCUT2D eigenvalue weighted by Gasteiger charge is 2.41. The number of amides is 1. The maximum Gasteiger partial charge on any atom is 0.233 e. The first-order chi connectivity index (χ1) is 15.3. The van der Waals surface area contributed by atoms with Crippen molar-refractivity contribution in [1.29, 1.82) is 0 Å². The van der Waals surface area contributed by atoms with Gasteiger partial charge in [-0.05, 0) is 43.2 Å². The lowest BCUT2D eigenvalue weighted by molar-refractivity contribution is -0.122. The lowest BCUT2D eigenvalue weighted by Gasteiger charge is -2.35. The summed E-state index contributed by atoms with van der Waals surface area (Å²) in [5.74, 6) is -1.10. The summed E-state index contributed by atoms with van der Waals surface area (Å²) >= 11 is 0. The first-order valence-corrected chi connectivity index (χ1v) is 12.6. The molecule has 10 nitrogen and oxygen atoms in total. The molecule has 3 heterocycles. The third-order valence-electron chi connectivity index (χ3n) is 6.51. The predicted molar refractivity (Wildman–Crippen MR) is 119 cm³/mol. The third-order valence-corrected chi connectivity index (χ3v) is 8.91. The second-order valence-corrected chi connectivity index (χ2v) is 11.1. The average molecular weight is 470 g/mol. The fourth-order valence-electron chi connectivity index (χ4n) is 4.54. The van der Waals surface area contributed by atoms with Gasteiger partial charge in [0.25, 0.3) is 0 Å². The Labute approximate surface area is 187 Å². The molecule has 3 fully saturated rings. The largest absolute Gasteiger partial charge is 0.324 e. The topological polar surface area (TPSA) is 155 Å². The summed E-state index contributed by atoms with van der Waals surface area (Å²) < 4.78 is 40.1. The van der Waals surface area contributed by atoms with Crippen LogP contribution in [0.3, 0.4) is 0 Å². The van der Waals surface area contributed by atoms with Gasteiger partial charge in [0, 0.05) is 32.4 Å².